The molecule has 0 saturated carbocycles. The molecule has 3 heterocycles. The monoisotopic (exact) mass is 364 g/mol. The summed E-state index contributed by atoms with van der Waals surface area (Å²) >= 11 is 0. The molecule has 1 amide bonds. The van der Waals surface area contributed by atoms with Crippen LogP contribution in [0.3, 0.4) is 0 Å². The maximum absolute atomic E-state index is 13.0. The molecule has 2 aromatic rings. The highest BCUT2D eigenvalue weighted by Crippen LogP contribution is 2.21. The Morgan fingerprint density at radius 1 is 0.963 bits per heavy atom. The summed E-state index contributed by atoms with van der Waals surface area (Å²) in [6.07, 6.45) is 4.28. The molecule has 2 aliphatic heterocycles. The molecular formula is C22H28N4O. The zero-order chi connectivity index (χ0) is 18.6. The lowest BCUT2D eigenvalue weighted by Gasteiger charge is -2.42. The number of aromatic nitrogens is 1. The van der Waals surface area contributed by atoms with Crippen molar-refractivity contribution in [2.24, 2.45) is 0 Å². The predicted octanol–water partition coefficient (Wildman–Crippen LogP) is 2.60. The number of hydrogen-bond donors (Lipinski definition) is 0. The van der Waals surface area contributed by atoms with Crippen LogP contribution >= 0.6 is 0 Å². The van der Waals surface area contributed by atoms with Gasteiger partial charge in [-0.3, -0.25) is 14.7 Å². The van der Waals surface area contributed by atoms with E-state index in [1.54, 1.807) is 6.20 Å². The van der Waals surface area contributed by atoms with Gasteiger partial charge >= 0.3 is 0 Å². The maximum atomic E-state index is 13.0. The smallest absolute Gasteiger partial charge is 0.253 e. The summed E-state index contributed by atoms with van der Waals surface area (Å²) in [6.45, 7) is 5.98. The Labute approximate surface area is 161 Å². The van der Waals surface area contributed by atoms with E-state index in [1.165, 1.54) is 25.9 Å². The van der Waals surface area contributed by atoms with E-state index in [1.807, 2.05) is 47.4 Å². The maximum Gasteiger partial charge on any atom is 0.253 e. The Morgan fingerprint density at radius 3 is 2.44 bits per heavy atom. The second-order valence-electron chi connectivity index (χ2n) is 7.66. The molecule has 4 rings (SSSR count). The van der Waals surface area contributed by atoms with Gasteiger partial charge in [-0.05, 0) is 57.2 Å². The van der Waals surface area contributed by atoms with Gasteiger partial charge in [0.25, 0.3) is 5.91 Å². The molecule has 0 radical (unpaired) electrons. The molecule has 2 saturated heterocycles. The molecule has 0 atom stereocenters. The first-order valence-electron chi connectivity index (χ1n) is 9.94. The zero-order valence-electron chi connectivity index (χ0n) is 16.1. The van der Waals surface area contributed by atoms with Crippen molar-refractivity contribution in [3.8, 4) is 11.3 Å². The van der Waals surface area contributed by atoms with Crippen molar-refractivity contribution in [1.82, 2.24) is 19.7 Å². The summed E-state index contributed by atoms with van der Waals surface area (Å²) in [6, 6.07) is 14.4. The third kappa shape index (κ3) is 4.20. The van der Waals surface area contributed by atoms with Crippen molar-refractivity contribution in [2.45, 2.75) is 18.9 Å². The average molecular weight is 364 g/mol. The van der Waals surface area contributed by atoms with Gasteiger partial charge in [-0.15, -0.1) is 0 Å². The number of benzene rings is 1. The molecule has 1 aromatic carbocycles. The Morgan fingerprint density at radius 2 is 1.74 bits per heavy atom. The number of likely N-dealkylation sites (tertiary alicyclic amines) is 1. The van der Waals surface area contributed by atoms with E-state index in [-0.39, 0.29) is 5.91 Å². The van der Waals surface area contributed by atoms with Crippen LogP contribution in [0.25, 0.3) is 11.3 Å². The normalized spacial score (nSPS) is 20.0. The number of amides is 1. The SMILES string of the molecule is CN1CCC(N2CCN(C(=O)c3cccc(-c4ccccn4)c3)CC2)CC1. The molecule has 142 valence electrons. The van der Waals surface area contributed by atoms with Gasteiger partial charge < -0.3 is 9.80 Å². The largest absolute Gasteiger partial charge is 0.336 e. The van der Waals surface area contributed by atoms with Gasteiger partial charge in [0.15, 0.2) is 0 Å². The van der Waals surface area contributed by atoms with Crippen LogP contribution in [0.4, 0.5) is 0 Å². The number of nitrogens with zero attached hydrogens (tertiary/aromatic N) is 4. The summed E-state index contributed by atoms with van der Waals surface area (Å²) < 4.78 is 0. The van der Waals surface area contributed by atoms with Gasteiger partial charge in [-0.1, -0.05) is 18.2 Å². The quantitative estimate of drug-likeness (QED) is 0.839. The average Bonchev–Trinajstić information content (AvgIpc) is 2.75. The number of hydrogen-bond acceptors (Lipinski definition) is 4. The van der Waals surface area contributed by atoms with Crippen LogP contribution in [0.1, 0.15) is 23.2 Å². The highest BCUT2D eigenvalue weighted by Gasteiger charge is 2.28. The van der Waals surface area contributed by atoms with Gasteiger partial charge in [-0.2, -0.15) is 0 Å². The van der Waals surface area contributed by atoms with Crippen molar-refractivity contribution in [1.29, 1.82) is 0 Å². The lowest BCUT2D eigenvalue weighted by Crippen LogP contribution is -2.54. The van der Waals surface area contributed by atoms with Crippen LogP contribution in [0.2, 0.25) is 0 Å². The summed E-state index contributed by atoms with van der Waals surface area (Å²) in [5.74, 6) is 0.135. The highest BCUT2D eigenvalue weighted by atomic mass is 16.2. The second kappa shape index (κ2) is 8.19. The van der Waals surface area contributed by atoms with Crippen molar-refractivity contribution >= 4 is 5.91 Å². The van der Waals surface area contributed by atoms with Crippen LogP contribution in [-0.4, -0.2) is 77.9 Å². The van der Waals surface area contributed by atoms with Gasteiger partial charge in [0, 0.05) is 49.5 Å². The fourth-order valence-electron chi connectivity index (χ4n) is 4.18. The number of piperazine rings is 1. The van der Waals surface area contributed by atoms with Crippen LogP contribution < -0.4 is 0 Å². The van der Waals surface area contributed by atoms with E-state index in [0.717, 1.165) is 43.0 Å². The number of carbonyl (C=O) groups excluding carboxylic acids is 1. The molecule has 0 N–H and O–H groups in total. The standard InChI is InChI=1S/C22H28N4O/c1-24-11-8-20(9-12-24)25-13-15-26(16-14-25)22(27)19-6-4-5-18(17-19)21-7-2-3-10-23-21/h2-7,10,17,20H,8-9,11-16H2,1H3. The van der Waals surface area contributed by atoms with Crippen molar-refractivity contribution in [2.75, 3.05) is 46.3 Å². The lowest BCUT2D eigenvalue weighted by molar-refractivity contribution is 0.0475. The zero-order valence-corrected chi connectivity index (χ0v) is 16.1. The van der Waals surface area contributed by atoms with Crippen molar-refractivity contribution in [3.63, 3.8) is 0 Å². The fraction of sp³-hybridized carbons (Fsp3) is 0.455. The number of piperidine rings is 1. The van der Waals surface area contributed by atoms with E-state index in [0.29, 0.717) is 6.04 Å². The Bertz CT molecular complexity index is 763. The van der Waals surface area contributed by atoms with E-state index >= 15 is 0 Å². The molecule has 27 heavy (non-hydrogen) atoms. The van der Waals surface area contributed by atoms with Crippen molar-refractivity contribution in [3.05, 3.63) is 54.2 Å². The molecular weight excluding hydrogens is 336 g/mol. The van der Waals surface area contributed by atoms with Crippen LogP contribution in [0.15, 0.2) is 48.7 Å². The van der Waals surface area contributed by atoms with E-state index < -0.39 is 0 Å². The third-order valence-corrected chi connectivity index (χ3v) is 5.88. The molecule has 0 aliphatic carbocycles. The summed E-state index contributed by atoms with van der Waals surface area (Å²) in [4.78, 5) is 24.4. The predicted molar refractivity (Wildman–Crippen MR) is 108 cm³/mol. The van der Waals surface area contributed by atoms with E-state index in [4.69, 9.17) is 0 Å². The molecule has 2 aliphatic rings. The Kier molecular flexibility index (Phi) is 5.50. The molecule has 5 heteroatoms. The van der Waals surface area contributed by atoms with Gasteiger partial charge in [0.1, 0.15) is 0 Å². The summed E-state index contributed by atoms with van der Waals surface area (Å²) in [7, 11) is 2.20. The first-order valence-corrected chi connectivity index (χ1v) is 9.94. The van der Waals surface area contributed by atoms with Crippen LogP contribution in [0.5, 0.6) is 0 Å². The molecule has 2 fully saturated rings. The first-order chi connectivity index (χ1) is 13.2. The van der Waals surface area contributed by atoms with E-state index in [9.17, 15) is 4.79 Å². The molecule has 0 bridgehead atoms. The van der Waals surface area contributed by atoms with Gasteiger partial charge in [-0.25, -0.2) is 0 Å². The van der Waals surface area contributed by atoms with Crippen LogP contribution in [0, 0.1) is 0 Å². The van der Waals surface area contributed by atoms with Crippen molar-refractivity contribution < 1.29 is 4.79 Å². The number of carbonyl (C=O) groups is 1. The Balaban J connectivity index is 1.38. The minimum absolute atomic E-state index is 0.135. The van der Waals surface area contributed by atoms with E-state index in [2.05, 4.69) is 21.8 Å². The number of rotatable bonds is 3. The topological polar surface area (TPSA) is 39.7 Å². The molecule has 1 aromatic heterocycles. The number of pyridine rings is 1. The first kappa shape index (κ1) is 18.1. The van der Waals surface area contributed by atoms with Crippen LogP contribution in [-0.2, 0) is 0 Å². The minimum atomic E-state index is 0.135. The van der Waals surface area contributed by atoms with Gasteiger partial charge in [0.05, 0.1) is 5.69 Å². The summed E-state index contributed by atoms with van der Waals surface area (Å²) in [5.41, 5.74) is 2.65. The molecule has 0 unspecified atom stereocenters. The lowest BCUT2D eigenvalue weighted by atomic mass is 10.0. The molecule has 0 spiro atoms. The summed E-state index contributed by atoms with van der Waals surface area (Å²) in [5, 5.41) is 0. The second-order valence-corrected chi connectivity index (χ2v) is 7.66. The Hall–Kier alpha value is -2.24. The third-order valence-electron chi connectivity index (χ3n) is 5.88. The molecule has 5 nitrogen and oxygen atoms in total. The highest BCUT2D eigenvalue weighted by molar-refractivity contribution is 5.95. The fourth-order valence-corrected chi connectivity index (χ4v) is 4.18. The van der Waals surface area contributed by atoms with Gasteiger partial charge in [0.2, 0.25) is 0 Å². The minimum Gasteiger partial charge on any atom is -0.336 e.